The third-order valence-electron chi connectivity index (χ3n) is 7.64. The molecule has 11 heteroatoms. The number of nitrogens with zero attached hydrogens (tertiary/aromatic N) is 6. The zero-order valence-electron chi connectivity index (χ0n) is 22.3. The molecule has 2 saturated heterocycles. The van der Waals surface area contributed by atoms with Gasteiger partial charge < -0.3 is 19.6 Å². The molecular weight excluding hydrogens is 545 g/mol. The summed E-state index contributed by atoms with van der Waals surface area (Å²) >= 11 is 12.7. The van der Waals surface area contributed by atoms with Crippen molar-refractivity contribution in [2.45, 2.75) is 32.0 Å². The van der Waals surface area contributed by atoms with Gasteiger partial charge in [0, 0.05) is 65.8 Å². The predicted octanol–water partition coefficient (Wildman–Crippen LogP) is 5.24. The first kappa shape index (κ1) is 27.6. The summed E-state index contributed by atoms with van der Waals surface area (Å²) < 4.78 is 31.2. The zero-order chi connectivity index (χ0) is 28.2. The maximum absolute atomic E-state index is 16.3. The third kappa shape index (κ3) is 4.92. The standard InChI is InChI=1S/C28H30Cl2F2N6O/c1-6-23(39)37-11-16(3)38(12-15(37)2)27-20-10-21(30)24(19-9-17(29)7-8-22(19)31)25(32)26(20)33-28(34-27)36-13-18(14-36)35(4)5/h6-10,15-16,18H,1,11-14H2,2-5H3/t15-,16+/m1/s1. The second-order valence-corrected chi connectivity index (χ2v) is 11.3. The summed E-state index contributed by atoms with van der Waals surface area (Å²) in [5.74, 6) is -0.614. The Labute approximate surface area is 236 Å². The van der Waals surface area contributed by atoms with E-state index >= 15 is 4.39 Å². The molecule has 2 atom stereocenters. The SMILES string of the molecule is C=CC(=O)N1C[C@H](C)N(c2nc(N3CC(N(C)C)C3)nc3c(F)c(-c4cc(Cl)ccc4F)c(Cl)cc23)C[C@H]1C. The van der Waals surface area contributed by atoms with Gasteiger partial charge >= 0.3 is 0 Å². The fourth-order valence-electron chi connectivity index (χ4n) is 5.26. The van der Waals surface area contributed by atoms with Crippen LogP contribution in [0.2, 0.25) is 10.0 Å². The highest BCUT2D eigenvalue weighted by molar-refractivity contribution is 6.35. The smallest absolute Gasteiger partial charge is 0.246 e. The highest BCUT2D eigenvalue weighted by Gasteiger charge is 2.36. The van der Waals surface area contributed by atoms with Crippen LogP contribution in [0.5, 0.6) is 0 Å². The van der Waals surface area contributed by atoms with Crippen LogP contribution in [0.15, 0.2) is 36.9 Å². The number of benzene rings is 2. The molecule has 0 bridgehead atoms. The average Bonchev–Trinajstić information content (AvgIpc) is 2.85. The van der Waals surface area contributed by atoms with Crippen LogP contribution in [0.4, 0.5) is 20.5 Å². The second-order valence-electron chi connectivity index (χ2n) is 10.5. The Morgan fingerprint density at radius 1 is 1.08 bits per heavy atom. The Kier molecular flexibility index (Phi) is 7.43. The minimum absolute atomic E-state index is 0.0246. The molecule has 1 amide bonds. The van der Waals surface area contributed by atoms with E-state index in [-0.39, 0.29) is 44.7 Å². The topological polar surface area (TPSA) is 55.8 Å². The Hall–Kier alpha value is -3.01. The number of hydrogen-bond acceptors (Lipinski definition) is 6. The summed E-state index contributed by atoms with van der Waals surface area (Å²) in [4.78, 5) is 29.9. The number of aromatic nitrogens is 2. The van der Waals surface area contributed by atoms with Gasteiger partial charge in [0.1, 0.15) is 17.2 Å². The largest absolute Gasteiger partial charge is 0.349 e. The molecule has 2 fully saturated rings. The minimum Gasteiger partial charge on any atom is -0.349 e. The van der Waals surface area contributed by atoms with E-state index in [2.05, 4.69) is 21.4 Å². The van der Waals surface area contributed by atoms with Gasteiger partial charge in [0.15, 0.2) is 5.82 Å². The molecule has 3 heterocycles. The van der Waals surface area contributed by atoms with Gasteiger partial charge in [-0.3, -0.25) is 4.79 Å². The van der Waals surface area contributed by atoms with Gasteiger partial charge in [-0.05, 0) is 58.3 Å². The number of anilines is 2. The number of halogens is 4. The van der Waals surface area contributed by atoms with Crippen LogP contribution in [0.3, 0.4) is 0 Å². The Morgan fingerprint density at radius 3 is 2.46 bits per heavy atom. The lowest BCUT2D eigenvalue weighted by atomic mass is 10.0. The summed E-state index contributed by atoms with van der Waals surface area (Å²) in [6, 6.07) is 5.58. The van der Waals surface area contributed by atoms with E-state index in [1.807, 2.05) is 32.8 Å². The van der Waals surface area contributed by atoms with Crippen molar-refractivity contribution in [2.24, 2.45) is 0 Å². The third-order valence-corrected chi connectivity index (χ3v) is 8.17. The van der Waals surface area contributed by atoms with E-state index in [4.69, 9.17) is 28.2 Å². The van der Waals surface area contributed by atoms with Gasteiger partial charge in [-0.2, -0.15) is 4.98 Å². The molecule has 2 aromatic carbocycles. The molecule has 0 unspecified atom stereocenters. The van der Waals surface area contributed by atoms with Crippen LogP contribution in [0.1, 0.15) is 13.8 Å². The number of fused-ring (bicyclic) bond motifs is 1. The summed E-state index contributed by atoms with van der Waals surface area (Å²) in [5.41, 5.74) is -0.0901. The van der Waals surface area contributed by atoms with E-state index in [1.54, 1.807) is 11.0 Å². The summed E-state index contributed by atoms with van der Waals surface area (Å²) in [6.07, 6.45) is 1.31. The van der Waals surface area contributed by atoms with Gasteiger partial charge in [-0.1, -0.05) is 29.8 Å². The fraction of sp³-hybridized carbons (Fsp3) is 0.393. The Balaban J connectivity index is 1.68. The fourth-order valence-corrected chi connectivity index (χ4v) is 5.72. The molecule has 7 nitrogen and oxygen atoms in total. The van der Waals surface area contributed by atoms with Crippen molar-refractivity contribution < 1.29 is 13.6 Å². The van der Waals surface area contributed by atoms with Crippen molar-refractivity contribution in [2.75, 3.05) is 50.1 Å². The van der Waals surface area contributed by atoms with Gasteiger partial charge in [0.2, 0.25) is 11.9 Å². The molecule has 2 aliphatic heterocycles. The molecule has 1 aromatic heterocycles. The van der Waals surface area contributed by atoms with Gasteiger partial charge in [-0.15, -0.1) is 0 Å². The van der Waals surface area contributed by atoms with E-state index < -0.39 is 11.6 Å². The number of amides is 1. The summed E-state index contributed by atoms with van der Waals surface area (Å²) in [5, 5.41) is 0.701. The predicted molar refractivity (Wildman–Crippen MR) is 153 cm³/mol. The normalized spacial score (nSPS) is 20.1. The summed E-state index contributed by atoms with van der Waals surface area (Å²) in [7, 11) is 4.02. The number of hydrogen-bond donors (Lipinski definition) is 0. The first-order chi connectivity index (χ1) is 18.5. The van der Waals surface area contributed by atoms with E-state index in [0.717, 1.165) is 0 Å². The molecule has 2 aliphatic rings. The molecule has 5 rings (SSSR count). The van der Waals surface area contributed by atoms with Crippen LogP contribution in [-0.4, -0.2) is 84.1 Å². The minimum atomic E-state index is -0.741. The lowest BCUT2D eigenvalue weighted by Crippen LogP contribution is -2.59. The molecular formula is C28H30Cl2F2N6O. The van der Waals surface area contributed by atoms with Crippen molar-refractivity contribution in [3.8, 4) is 11.1 Å². The van der Waals surface area contributed by atoms with Crippen LogP contribution >= 0.6 is 23.2 Å². The molecule has 0 spiro atoms. The molecule has 3 aromatic rings. The lowest BCUT2D eigenvalue weighted by Gasteiger charge is -2.45. The Bertz CT molecular complexity index is 1460. The Morgan fingerprint density at radius 2 is 1.79 bits per heavy atom. The molecule has 0 aliphatic carbocycles. The monoisotopic (exact) mass is 574 g/mol. The number of likely N-dealkylation sites (N-methyl/N-ethyl adjacent to an activating group) is 1. The van der Waals surface area contributed by atoms with Gasteiger partial charge in [-0.25, -0.2) is 13.8 Å². The van der Waals surface area contributed by atoms with E-state index in [0.29, 0.717) is 49.4 Å². The zero-order valence-corrected chi connectivity index (χ0v) is 23.8. The van der Waals surface area contributed by atoms with Crippen LogP contribution in [-0.2, 0) is 4.79 Å². The molecule has 0 radical (unpaired) electrons. The molecule has 0 N–H and O–H groups in total. The van der Waals surface area contributed by atoms with Gasteiger partial charge in [0.25, 0.3) is 0 Å². The van der Waals surface area contributed by atoms with Crippen molar-refractivity contribution in [1.29, 1.82) is 0 Å². The van der Waals surface area contributed by atoms with Crippen molar-refractivity contribution in [1.82, 2.24) is 19.8 Å². The highest BCUT2D eigenvalue weighted by atomic mass is 35.5. The first-order valence-corrected chi connectivity index (χ1v) is 13.5. The quantitative estimate of drug-likeness (QED) is 0.388. The highest BCUT2D eigenvalue weighted by Crippen LogP contribution is 2.41. The van der Waals surface area contributed by atoms with E-state index in [1.165, 1.54) is 24.3 Å². The summed E-state index contributed by atoms with van der Waals surface area (Å²) in [6.45, 7) is 9.86. The van der Waals surface area contributed by atoms with Crippen molar-refractivity contribution >= 4 is 51.8 Å². The molecule has 206 valence electrons. The maximum atomic E-state index is 16.3. The number of piperazine rings is 1. The van der Waals surface area contributed by atoms with E-state index in [9.17, 15) is 9.18 Å². The lowest BCUT2D eigenvalue weighted by molar-refractivity contribution is -0.128. The number of carbonyl (C=O) groups is 1. The second kappa shape index (κ2) is 10.5. The van der Waals surface area contributed by atoms with Crippen molar-refractivity contribution in [3.05, 3.63) is 58.6 Å². The van der Waals surface area contributed by atoms with Crippen LogP contribution < -0.4 is 9.80 Å². The number of rotatable bonds is 5. The average molecular weight is 575 g/mol. The number of carbonyl (C=O) groups excluding carboxylic acids is 1. The maximum Gasteiger partial charge on any atom is 0.246 e. The van der Waals surface area contributed by atoms with Gasteiger partial charge in [0.05, 0.1) is 5.02 Å². The molecule has 39 heavy (non-hydrogen) atoms. The van der Waals surface area contributed by atoms with Crippen LogP contribution in [0.25, 0.3) is 22.0 Å². The molecule has 0 saturated carbocycles. The van der Waals surface area contributed by atoms with Crippen molar-refractivity contribution in [3.63, 3.8) is 0 Å². The first-order valence-electron chi connectivity index (χ1n) is 12.8. The van der Waals surface area contributed by atoms with Crippen LogP contribution in [0, 0.1) is 11.6 Å².